The van der Waals surface area contributed by atoms with E-state index in [4.69, 9.17) is 0 Å². The SMILES string of the molecule is C=CCn1c(SCC(=O)N(C)CC(=O)Nc2ccc(C)cc2)nc2sc(C)c(C)c2c1=O. The van der Waals surface area contributed by atoms with Crippen molar-refractivity contribution in [1.29, 1.82) is 0 Å². The summed E-state index contributed by atoms with van der Waals surface area (Å²) in [6, 6.07) is 7.45. The molecule has 0 unspecified atom stereocenters. The summed E-state index contributed by atoms with van der Waals surface area (Å²) in [6.07, 6.45) is 1.64. The molecule has 1 aromatic carbocycles. The van der Waals surface area contributed by atoms with Crippen molar-refractivity contribution < 1.29 is 9.59 Å². The topological polar surface area (TPSA) is 84.3 Å². The molecule has 0 aliphatic rings. The van der Waals surface area contributed by atoms with Crippen LogP contribution in [0.3, 0.4) is 0 Å². The summed E-state index contributed by atoms with van der Waals surface area (Å²) >= 11 is 2.66. The van der Waals surface area contributed by atoms with Crippen molar-refractivity contribution in [2.45, 2.75) is 32.5 Å². The lowest BCUT2D eigenvalue weighted by atomic mass is 10.2. The molecular formula is C23H26N4O3S2. The molecule has 7 nitrogen and oxygen atoms in total. The lowest BCUT2D eigenvalue weighted by Gasteiger charge is -2.17. The summed E-state index contributed by atoms with van der Waals surface area (Å²) in [4.78, 5) is 45.6. The first-order valence-electron chi connectivity index (χ1n) is 10.1. The van der Waals surface area contributed by atoms with E-state index in [9.17, 15) is 14.4 Å². The van der Waals surface area contributed by atoms with Crippen LogP contribution in [0.5, 0.6) is 0 Å². The van der Waals surface area contributed by atoms with Gasteiger partial charge in [0.1, 0.15) is 4.83 Å². The standard InChI is InChI=1S/C23H26N4O3S2/c1-6-11-27-22(30)20-15(3)16(4)32-21(20)25-23(27)31-13-19(29)26(5)12-18(28)24-17-9-7-14(2)8-10-17/h6-10H,1,11-13H2,2-5H3,(H,24,28). The third kappa shape index (κ3) is 5.28. The van der Waals surface area contributed by atoms with E-state index in [1.165, 1.54) is 32.6 Å². The quantitative estimate of drug-likeness (QED) is 0.308. The molecule has 0 saturated carbocycles. The van der Waals surface area contributed by atoms with Crippen molar-refractivity contribution in [1.82, 2.24) is 14.5 Å². The fraction of sp³-hybridized carbons (Fsp3) is 0.304. The Labute approximate surface area is 195 Å². The van der Waals surface area contributed by atoms with Gasteiger partial charge in [-0.15, -0.1) is 17.9 Å². The largest absolute Gasteiger partial charge is 0.336 e. The van der Waals surface area contributed by atoms with Gasteiger partial charge in [-0.3, -0.25) is 19.0 Å². The maximum Gasteiger partial charge on any atom is 0.263 e. The Balaban J connectivity index is 1.68. The van der Waals surface area contributed by atoms with Crippen molar-refractivity contribution in [3.05, 3.63) is 63.3 Å². The smallest absolute Gasteiger partial charge is 0.263 e. The van der Waals surface area contributed by atoms with E-state index in [0.29, 0.717) is 27.6 Å². The number of thiophene rings is 1. The first-order valence-corrected chi connectivity index (χ1v) is 11.9. The van der Waals surface area contributed by atoms with E-state index in [-0.39, 0.29) is 29.7 Å². The van der Waals surface area contributed by atoms with Crippen LogP contribution < -0.4 is 10.9 Å². The van der Waals surface area contributed by atoms with E-state index in [1.807, 2.05) is 45.0 Å². The van der Waals surface area contributed by atoms with Gasteiger partial charge in [0.2, 0.25) is 11.8 Å². The number of aromatic nitrogens is 2. The van der Waals surface area contributed by atoms with Gasteiger partial charge < -0.3 is 10.2 Å². The molecule has 3 rings (SSSR count). The summed E-state index contributed by atoms with van der Waals surface area (Å²) in [7, 11) is 1.58. The van der Waals surface area contributed by atoms with Crippen LogP contribution in [-0.2, 0) is 16.1 Å². The Kier molecular flexibility index (Phi) is 7.52. The zero-order valence-corrected chi connectivity index (χ0v) is 20.2. The number of carbonyl (C=O) groups excluding carboxylic acids is 2. The minimum Gasteiger partial charge on any atom is -0.336 e. The van der Waals surface area contributed by atoms with Crippen LogP contribution in [-0.4, -0.2) is 45.6 Å². The fourth-order valence-corrected chi connectivity index (χ4v) is 5.11. The van der Waals surface area contributed by atoms with Crippen LogP contribution in [0.1, 0.15) is 16.0 Å². The number of likely N-dealkylation sites (N-methyl/N-ethyl adjacent to an activating group) is 1. The zero-order chi connectivity index (χ0) is 23.4. The van der Waals surface area contributed by atoms with Crippen molar-refractivity contribution in [3.63, 3.8) is 0 Å². The second-order valence-corrected chi connectivity index (χ2v) is 9.66. The number of benzene rings is 1. The molecule has 2 heterocycles. The lowest BCUT2D eigenvalue weighted by molar-refractivity contribution is -0.131. The number of rotatable bonds is 8. The number of hydrogen-bond acceptors (Lipinski definition) is 6. The summed E-state index contributed by atoms with van der Waals surface area (Å²) in [5.41, 5.74) is 2.59. The average molecular weight is 471 g/mol. The van der Waals surface area contributed by atoms with Crippen LogP contribution in [0.4, 0.5) is 5.69 Å². The highest BCUT2D eigenvalue weighted by Gasteiger charge is 2.19. The fourth-order valence-electron chi connectivity index (χ4n) is 3.09. The maximum absolute atomic E-state index is 13.0. The third-order valence-corrected chi connectivity index (χ3v) is 7.09. The summed E-state index contributed by atoms with van der Waals surface area (Å²) < 4.78 is 1.54. The van der Waals surface area contributed by atoms with Gasteiger partial charge in [-0.1, -0.05) is 35.5 Å². The third-order valence-electron chi connectivity index (χ3n) is 5.03. The van der Waals surface area contributed by atoms with Crippen LogP contribution >= 0.6 is 23.1 Å². The highest BCUT2D eigenvalue weighted by Crippen LogP contribution is 2.28. The monoisotopic (exact) mass is 470 g/mol. The minimum absolute atomic E-state index is 0.0622. The number of amides is 2. The molecular weight excluding hydrogens is 444 g/mol. The second-order valence-electron chi connectivity index (χ2n) is 7.51. The van der Waals surface area contributed by atoms with Gasteiger partial charge in [0.25, 0.3) is 5.56 Å². The van der Waals surface area contributed by atoms with Crippen molar-refractivity contribution in [2.75, 3.05) is 24.7 Å². The number of nitrogens with zero attached hydrogens (tertiary/aromatic N) is 3. The molecule has 0 saturated heterocycles. The summed E-state index contributed by atoms with van der Waals surface area (Å²) in [5.74, 6) is -0.443. The molecule has 3 aromatic rings. The Morgan fingerprint density at radius 2 is 1.94 bits per heavy atom. The van der Waals surface area contributed by atoms with Gasteiger partial charge in [-0.05, 0) is 38.5 Å². The number of anilines is 1. The first kappa shape index (κ1) is 23.7. The van der Waals surface area contributed by atoms with E-state index in [0.717, 1.165) is 16.0 Å². The molecule has 168 valence electrons. The number of hydrogen-bond donors (Lipinski definition) is 1. The van der Waals surface area contributed by atoms with Gasteiger partial charge >= 0.3 is 0 Å². The van der Waals surface area contributed by atoms with Gasteiger partial charge in [0.15, 0.2) is 5.16 Å². The number of allylic oxidation sites excluding steroid dienone is 1. The maximum atomic E-state index is 13.0. The van der Waals surface area contributed by atoms with Crippen LogP contribution in [0.2, 0.25) is 0 Å². The van der Waals surface area contributed by atoms with Gasteiger partial charge in [-0.2, -0.15) is 0 Å². The molecule has 0 aliphatic carbocycles. The molecule has 0 spiro atoms. The zero-order valence-electron chi connectivity index (χ0n) is 18.6. The number of fused-ring (bicyclic) bond motifs is 1. The molecule has 0 atom stereocenters. The van der Waals surface area contributed by atoms with Gasteiger partial charge in [-0.25, -0.2) is 4.98 Å². The van der Waals surface area contributed by atoms with Crippen LogP contribution in [0.15, 0.2) is 46.9 Å². The highest BCUT2D eigenvalue weighted by atomic mass is 32.2. The molecule has 1 N–H and O–H groups in total. The van der Waals surface area contributed by atoms with E-state index in [2.05, 4.69) is 16.9 Å². The van der Waals surface area contributed by atoms with E-state index < -0.39 is 0 Å². The van der Waals surface area contributed by atoms with Crippen LogP contribution in [0, 0.1) is 20.8 Å². The lowest BCUT2D eigenvalue weighted by Crippen LogP contribution is -2.36. The molecule has 32 heavy (non-hydrogen) atoms. The Morgan fingerprint density at radius 1 is 1.25 bits per heavy atom. The number of nitrogens with one attached hydrogen (secondary N) is 1. The van der Waals surface area contributed by atoms with Crippen molar-refractivity contribution in [2.24, 2.45) is 0 Å². The van der Waals surface area contributed by atoms with Crippen molar-refractivity contribution in [3.8, 4) is 0 Å². The van der Waals surface area contributed by atoms with Gasteiger partial charge in [0.05, 0.1) is 17.7 Å². The van der Waals surface area contributed by atoms with E-state index in [1.54, 1.807) is 13.1 Å². The molecule has 2 aromatic heterocycles. The van der Waals surface area contributed by atoms with Crippen molar-refractivity contribution >= 4 is 50.8 Å². The first-order chi connectivity index (χ1) is 15.2. The predicted octanol–water partition coefficient (Wildman–Crippen LogP) is 3.76. The molecule has 2 amide bonds. The Morgan fingerprint density at radius 3 is 2.59 bits per heavy atom. The predicted molar refractivity (Wildman–Crippen MR) is 132 cm³/mol. The molecule has 0 fully saturated rings. The van der Waals surface area contributed by atoms with Crippen LogP contribution in [0.25, 0.3) is 10.2 Å². The summed E-state index contributed by atoms with van der Waals surface area (Å²) in [6.45, 7) is 9.82. The molecule has 9 heteroatoms. The number of thioether (sulfide) groups is 1. The number of carbonyl (C=O) groups is 2. The normalized spacial score (nSPS) is 10.9. The Hall–Kier alpha value is -2.91. The highest BCUT2D eigenvalue weighted by molar-refractivity contribution is 7.99. The molecule has 0 aliphatic heterocycles. The average Bonchev–Trinajstić information content (AvgIpc) is 3.03. The van der Waals surface area contributed by atoms with Gasteiger partial charge in [0, 0.05) is 24.2 Å². The van der Waals surface area contributed by atoms with E-state index >= 15 is 0 Å². The summed E-state index contributed by atoms with van der Waals surface area (Å²) in [5, 5.41) is 3.87. The minimum atomic E-state index is -0.276. The second kappa shape index (κ2) is 10.1. The molecule has 0 bridgehead atoms. The molecule has 0 radical (unpaired) electrons. The number of aryl methyl sites for hydroxylation is 3. The Bertz CT molecular complexity index is 1230.